The number of aromatic nitrogens is 6. The minimum Gasteiger partial charge on any atom is -0.475 e. The number of thiazole rings is 2. The van der Waals surface area contributed by atoms with Crippen molar-refractivity contribution in [1.29, 1.82) is 0 Å². The van der Waals surface area contributed by atoms with Crippen molar-refractivity contribution in [3.8, 4) is 27.2 Å². The molecule has 0 aromatic carbocycles. The van der Waals surface area contributed by atoms with E-state index in [2.05, 4.69) is 58.2 Å². The van der Waals surface area contributed by atoms with Crippen LogP contribution in [0.15, 0.2) is 24.8 Å². The molecule has 5 rings (SSSR count). The predicted octanol–water partition coefficient (Wildman–Crippen LogP) is 4.92. The van der Waals surface area contributed by atoms with Crippen LogP contribution in [0.2, 0.25) is 0 Å². The smallest absolute Gasteiger partial charge is 0.475 e. The fourth-order valence-corrected chi connectivity index (χ4v) is 6.13. The molecule has 0 amide bonds. The summed E-state index contributed by atoms with van der Waals surface area (Å²) in [5.41, 5.74) is 2.48. The van der Waals surface area contributed by atoms with Crippen molar-refractivity contribution in [2.75, 3.05) is 0 Å². The summed E-state index contributed by atoms with van der Waals surface area (Å²) >= 11 is 3.00. The quantitative estimate of drug-likeness (QED) is 0.320. The lowest BCUT2D eigenvalue weighted by atomic mass is 9.81. The highest BCUT2D eigenvalue weighted by Crippen LogP contribution is 2.37. The van der Waals surface area contributed by atoms with Crippen LogP contribution in [-0.4, -0.2) is 64.6 Å². The van der Waals surface area contributed by atoms with Gasteiger partial charge in [0.05, 0.1) is 24.3 Å². The highest BCUT2D eigenvalue weighted by atomic mass is 32.1. The number of hydrogen-bond acceptors (Lipinski definition) is 10. The number of alkyl halides is 3. The van der Waals surface area contributed by atoms with Crippen LogP contribution in [0.4, 0.5) is 13.2 Å². The van der Waals surface area contributed by atoms with Gasteiger partial charge in [-0.3, -0.25) is 10.1 Å². The molecule has 0 unspecified atom stereocenters. The summed E-state index contributed by atoms with van der Waals surface area (Å²) in [6.07, 6.45) is 3.93. The Bertz CT molecular complexity index is 1320. The molecule has 198 valence electrons. The van der Waals surface area contributed by atoms with E-state index in [9.17, 15) is 13.2 Å². The lowest BCUT2D eigenvalue weighted by Gasteiger charge is -2.45. The molecule has 1 aliphatic rings. The molecule has 37 heavy (non-hydrogen) atoms. The van der Waals surface area contributed by atoms with E-state index >= 15 is 0 Å². The van der Waals surface area contributed by atoms with Gasteiger partial charge in [-0.15, -0.1) is 0 Å². The number of ether oxygens (including phenoxy) is 1. The monoisotopic (exact) mass is 555 g/mol. The molecule has 1 saturated heterocycles. The van der Waals surface area contributed by atoms with Gasteiger partial charge in [0.15, 0.2) is 9.66 Å². The van der Waals surface area contributed by atoms with E-state index in [-0.39, 0.29) is 17.2 Å². The molecule has 0 saturated carbocycles. The third kappa shape index (κ3) is 6.78. The summed E-state index contributed by atoms with van der Waals surface area (Å²) in [6, 6.07) is 0. The first-order valence-corrected chi connectivity index (χ1v) is 12.7. The number of H-pyrrole nitrogens is 1. The number of carboxylic acids is 1. The first-order valence-electron chi connectivity index (χ1n) is 11.1. The fourth-order valence-electron chi connectivity index (χ4n) is 4.22. The molecule has 1 aliphatic heterocycles. The Morgan fingerprint density at radius 1 is 1.03 bits per heavy atom. The minimum atomic E-state index is -5.08. The topological polar surface area (TPSA) is 139 Å². The van der Waals surface area contributed by atoms with E-state index < -0.39 is 12.1 Å². The van der Waals surface area contributed by atoms with Gasteiger partial charge in [0.1, 0.15) is 16.8 Å². The van der Waals surface area contributed by atoms with Crippen LogP contribution in [0.25, 0.3) is 31.6 Å². The van der Waals surface area contributed by atoms with Gasteiger partial charge < -0.3 is 15.2 Å². The maximum absolute atomic E-state index is 10.6. The Hall–Kier alpha value is -3.17. The van der Waals surface area contributed by atoms with Crippen molar-refractivity contribution in [1.82, 2.24) is 35.5 Å². The highest BCUT2D eigenvalue weighted by molar-refractivity contribution is 7.28. The Balaban J connectivity index is 0.000000405. The predicted molar refractivity (Wildman–Crippen MR) is 133 cm³/mol. The summed E-state index contributed by atoms with van der Waals surface area (Å²) < 4.78 is 38.0. The van der Waals surface area contributed by atoms with Gasteiger partial charge in [-0.05, 0) is 27.7 Å². The molecule has 4 aromatic rings. The minimum absolute atomic E-state index is 0.0355. The van der Waals surface area contributed by atoms with Crippen LogP contribution in [-0.2, 0) is 4.79 Å². The van der Waals surface area contributed by atoms with Crippen LogP contribution in [0.1, 0.15) is 40.5 Å². The molecule has 1 fully saturated rings. The van der Waals surface area contributed by atoms with Gasteiger partial charge in [-0.25, -0.2) is 14.8 Å². The lowest BCUT2D eigenvalue weighted by molar-refractivity contribution is -0.192. The second-order valence-corrected chi connectivity index (χ2v) is 11.6. The van der Waals surface area contributed by atoms with Crippen molar-refractivity contribution < 1.29 is 27.8 Å². The Morgan fingerprint density at radius 3 is 2.14 bits per heavy atom. The second-order valence-electron chi connectivity index (χ2n) is 9.73. The molecule has 0 bridgehead atoms. The van der Waals surface area contributed by atoms with E-state index in [1.54, 1.807) is 24.8 Å². The van der Waals surface area contributed by atoms with E-state index in [0.717, 1.165) is 44.5 Å². The molecule has 0 aliphatic carbocycles. The van der Waals surface area contributed by atoms with Gasteiger partial charge in [0.25, 0.3) is 5.19 Å². The molecule has 0 radical (unpaired) electrons. The fraction of sp³-hybridized carbons (Fsp3) is 0.455. The third-order valence-electron chi connectivity index (χ3n) is 5.28. The molecule has 4 aromatic heterocycles. The van der Waals surface area contributed by atoms with Crippen molar-refractivity contribution in [2.24, 2.45) is 0 Å². The first kappa shape index (κ1) is 26.9. The van der Waals surface area contributed by atoms with Crippen LogP contribution in [0, 0.1) is 0 Å². The van der Waals surface area contributed by atoms with Crippen LogP contribution in [0.5, 0.6) is 5.19 Å². The van der Waals surface area contributed by atoms with Crippen LogP contribution < -0.4 is 10.1 Å². The van der Waals surface area contributed by atoms with Crippen molar-refractivity contribution >= 4 is 38.3 Å². The molecule has 10 nitrogen and oxygen atoms in total. The van der Waals surface area contributed by atoms with Crippen molar-refractivity contribution in [3.05, 3.63) is 24.8 Å². The number of rotatable bonds is 4. The average Bonchev–Trinajstić information content (AvgIpc) is 3.48. The van der Waals surface area contributed by atoms with Crippen LogP contribution >= 0.6 is 22.7 Å². The number of nitrogens with one attached hydrogen (secondary N) is 2. The highest BCUT2D eigenvalue weighted by Gasteiger charge is 2.39. The van der Waals surface area contributed by atoms with Gasteiger partial charge >= 0.3 is 12.1 Å². The number of nitrogens with zero attached hydrogens (tertiary/aromatic N) is 5. The Kier molecular flexibility index (Phi) is 7.23. The zero-order valence-corrected chi connectivity index (χ0v) is 21.9. The van der Waals surface area contributed by atoms with Crippen molar-refractivity contribution in [3.63, 3.8) is 0 Å². The maximum Gasteiger partial charge on any atom is 0.490 e. The molecule has 0 spiro atoms. The molecular formula is C22H24F3N7O3S2. The normalized spacial score (nSPS) is 17.3. The number of halogens is 3. The van der Waals surface area contributed by atoms with Gasteiger partial charge in [-0.1, -0.05) is 22.7 Å². The number of piperidine rings is 1. The summed E-state index contributed by atoms with van der Waals surface area (Å²) in [5, 5.41) is 19.0. The summed E-state index contributed by atoms with van der Waals surface area (Å²) in [4.78, 5) is 29.0. The lowest BCUT2D eigenvalue weighted by Crippen LogP contribution is -2.60. The van der Waals surface area contributed by atoms with Crippen molar-refractivity contribution in [2.45, 2.75) is 63.9 Å². The molecule has 3 N–H and O–H groups in total. The average molecular weight is 556 g/mol. The maximum atomic E-state index is 10.6. The zero-order valence-electron chi connectivity index (χ0n) is 20.3. The summed E-state index contributed by atoms with van der Waals surface area (Å²) in [5.74, 6) is -2.76. The summed E-state index contributed by atoms with van der Waals surface area (Å²) in [7, 11) is 0. The van der Waals surface area contributed by atoms with E-state index in [1.807, 2.05) is 0 Å². The van der Waals surface area contributed by atoms with E-state index in [1.165, 1.54) is 22.7 Å². The number of aliphatic carboxylic acids is 1. The second kappa shape index (κ2) is 9.95. The zero-order chi connectivity index (χ0) is 27.0. The van der Waals surface area contributed by atoms with E-state index in [4.69, 9.17) is 19.6 Å². The largest absolute Gasteiger partial charge is 0.490 e. The molecule has 15 heteroatoms. The number of carboxylic acid groups (broad SMARTS) is 1. The Labute approximate surface area is 217 Å². The number of aromatic amines is 1. The van der Waals surface area contributed by atoms with Gasteiger partial charge in [-0.2, -0.15) is 23.3 Å². The number of carbonyl (C=O) groups is 1. The molecule has 5 heterocycles. The standard InChI is InChI=1S/C20H23N7OS2.C2HF3O2/c1-19(2)5-12(6-20(3,4)27-19)28-18-26-17-16(30-18)25-15(29-17)14-10-21-13(9-22-14)11-7-23-24-8-11;3-2(4,5)1(6)7/h7-10,12,27H,5-6H2,1-4H3,(H,23,24);(H,6,7). The van der Waals surface area contributed by atoms with Gasteiger partial charge in [0.2, 0.25) is 0 Å². The van der Waals surface area contributed by atoms with Gasteiger partial charge in [0, 0.05) is 35.7 Å². The van der Waals surface area contributed by atoms with Crippen LogP contribution in [0.3, 0.4) is 0 Å². The Morgan fingerprint density at radius 2 is 1.62 bits per heavy atom. The number of fused-ring (bicyclic) bond motifs is 1. The molecular weight excluding hydrogens is 531 g/mol. The first-order chi connectivity index (χ1) is 17.2. The SMILES string of the molecule is CC1(C)CC(Oc2nc3sc(-c4cnc(-c5cn[nH]c5)cn4)nc3s2)CC(C)(C)N1.O=C(O)C(F)(F)F. The molecule has 0 atom stereocenters. The third-order valence-corrected chi connectivity index (χ3v) is 7.22. The summed E-state index contributed by atoms with van der Waals surface area (Å²) in [6.45, 7) is 8.88. The number of hydrogen-bond donors (Lipinski definition) is 3. The van der Waals surface area contributed by atoms with E-state index in [0.29, 0.717) is 5.19 Å².